The Labute approximate surface area is 57.4 Å². The summed E-state index contributed by atoms with van der Waals surface area (Å²) in [5.41, 5.74) is 1.28. The van der Waals surface area contributed by atoms with E-state index in [0.717, 1.165) is 6.42 Å². The van der Waals surface area contributed by atoms with E-state index in [1.807, 2.05) is 0 Å². The summed E-state index contributed by atoms with van der Waals surface area (Å²) in [4.78, 5) is 0. The summed E-state index contributed by atoms with van der Waals surface area (Å²) in [5.74, 6) is 0.608. The Morgan fingerprint density at radius 1 is 1.56 bits per heavy atom. The molecule has 54 valence electrons. The molecule has 0 aromatic rings. The number of hydrogen-bond acceptors (Lipinski definition) is 1. The van der Waals surface area contributed by atoms with Crippen LogP contribution in [-0.2, 0) is 0 Å². The molecule has 1 nitrogen and oxygen atoms in total. The first-order valence-electron chi connectivity index (χ1n) is 3.45. The molecule has 0 heterocycles. The number of aliphatic hydroxyl groups excluding tert-OH is 1. The van der Waals surface area contributed by atoms with Crippen molar-refractivity contribution < 1.29 is 5.11 Å². The van der Waals surface area contributed by atoms with E-state index in [2.05, 4.69) is 26.8 Å². The first-order chi connectivity index (χ1) is 4.16. The summed E-state index contributed by atoms with van der Waals surface area (Å²) in [7, 11) is 0. The molecule has 0 spiro atoms. The van der Waals surface area contributed by atoms with Crippen LogP contribution in [0.2, 0.25) is 0 Å². The summed E-state index contributed by atoms with van der Waals surface area (Å²) in [5, 5.41) is 8.51. The van der Waals surface area contributed by atoms with E-state index < -0.39 is 0 Å². The molecular formula is C8H16O. The standard InChI is InChI=1S/C8H16O/c1-7(2)6-8(3)4-5-9/h6-7,9H,4-5H2,1-3H3. The van der Waals surface area contributed by atoms with Crippen molar-refractivity contribution in [2.45, 2.75) is 27.2 Å². The first kappa shape index (κ1) is 8.70. The fraction of sp³-hybridized carbons (Fsp3) is 0.750. The van der Waals surface area contributed by atoms with Crippen LogP contribution >= 0.6 is 0 Å². The van der Waals surface area contributed by atoms with E-state index in [1.54, 1.807) is 0 Å². The Hall–Kier alpha value is -0.300. The van der Waals surface area contributed by atoms with E-state index in [1.165, 1.54) is 5.57 Å². The van der Waals surface area contributed by atoms with Crippen LogP contribution in [0.4, 0.5) is 0 Å². The predicted octanol–water partition coefficient (Wildman–Crippen LogP) is 1.97. The predicted molar refractivity (Wildman–Crippen MR) is 40.3 cm³/mol. The van der Waals surface area contributed by atoms with Crippen LogP contribution in [0.5, 0.6) is 0 Å². The van der Waals surface area contributed by atoms with Crippen LogP contribution in [0.25, 0.3) is 0 Å². The maximum Gasteiger partial charge on any atom is 0.0468 e. The number of allylic oxidation sites excluding steroid dienone is 1. The van der Waals surface area contributed by atoms with E-state index in [9.17, 15) is 0 Å². The molecule has 0 aliphatic carbocycles. The van der Waals surface area contributed by atoms with Gasteiger partial charge in [0.1, 0.15) is 0 Å². The number of hydrogen-bond donors (Lipinski definition) is 1. The summed E-state index contributed by atoms with van der Waals surface area (Å²) < 4.78 is 0. The molecule has 9 heavy (non-hydrogen) atoms. The average molecular weight is 128 g/mol. The highest BCUT2D eigenvalue weighted by Gasteiger charge is 1.89. The number of aliphatic hydroxyl groups is 1. The molecule has 0 rings (SSSR count). The Balaban J connectivity index is 3.55. The third-order valence-electron chi connectivity index (χ3n) is 1.12. The summed E-state index contributed by atoms with van der Waals surface area (Å²) >= 11 is 0. The monoisotopic (exact) mass is 128 g/mol. The fourth-order valence-electron chi connectivity index (χ4n) is 0.829. The molecule has 0 fully saturated rings. The van der Waals surface area contributed by atoms with Gasteiger partial charge in [0.25, 0.3) is 0 Å². The third-order valence-corrected chi connectivity index (χ3v) is 1.12. The van der Waals surface area contributed by atoms with E-state index in [4.69, 9.17) is 5.11 Å². The van der Waals surface area contributed by atoms with Gasteiger partial charge in [-0.15, -0.1) is 0 Å². The normalized spacial score (nSPS) is 12.8. The van der Waals surface area contributed by atoms with Crippen molar-refractivity contribution in [3.8, 4) is 0 Å². The van der Waals surface area contributed by atoms with Crippen molar-refractivity contribution in [3.05, 3.63) is 11.6 Å². The molecular weight excluding hydrogens is 112 g/mol. The highest BCUT2D eigenvalue weighted by atomic mass is 16.2. The second-order valence-corrected chi connectivity index (χ2v) is 2.73. The highest BCUT2D eigenvalue weighted by molar-refractivity contribution is 4.98. The molecule has 0 aliphatic rings. The second-order valence-electron chi connectivity index (χ2n) is 2.73. The SMILES string of the molecule is CC(=CC(C)C)CCO. The molecule has 0 aromatic heterocycles. The van der Waals surface area contributed by atoms with Crippen molar-refractivity contribution in [2.24, 2.45) is 5.92 Å². The molecule has 0 radical (unpaired) electrons. The minimum absolute atomic E-state index is 0.273. The maximum absolute atomic E-state index is 8.51. The molecule has 1 heteroatoms. The highest BCUT2D eigenvalue weighted by Crippen LogP contribution is 2.03. The summed E-state index contributed by atoms with van der Waals surface area (Å²) in [6.45, 7) is 6.60. The van der Waals surface area contributed by atoms with Gasteiger partial charge < -0.3 is 5.11 Å². The largest absolute Gasteiger partial charge is 0.396 e. The van der Waals surface area contributed by atoms with Gasteiger partial charge in [0, 0.05) is 6.61 Å². The van der Waals surface area contributed by atoms with E-state index in [-0.39, 0.29) is 6.61 Å². The molecule has 1 N–H and O–H groups in total. The van der Waals surface area contributed by atoms with Gasteiger partial charge in [0.2, 0.25) is 0 Å². The molecule has 0 aromatic carbocycles. The van der Waals surface area contributed by atoms with Gasteiger partial charge in [0.15, 0.2) is 0 Å². The smallest absolute Gasteiger partial charge is 0.0468 e. The van der Waals surface area contributed by atoms with Gasteiger partial charge in [0.05, 0.1) is 0 Å². The molecule has 0 bridgehead atoms. The van der Waals surface area contributed by atoms with Crippen molar-refractivity contribution >= 4 is 0 Å². The third kappa shape index (κ3) is 5.57. The van der Waals surface area contributed by atoms with Crippen LogP contribution in [0, 0.1) is 5.92 Å². The van der Waals surface area contributed by atoms with E-state index in [0.29, 0.717) is 5.92 Å². The van der Waals surface area contributed by atoms with Gasteiger partial charge in [-0.1, -0.05) is 25.5 Å². The number of rotatable bonds is 3. The Morgan fingerprint density at radius 2 is 2.11 bits per heavy atom. The van der Waals surface area contributed by atoms with Crippen molar-refractivity contribution in [1.82, 2.24) is 0 Å². The van der Waals surface area contributed by atoms with Gasteiger partial charge in [-0.05, 0) is 19.3 Å². The molecule has 0 aliphatic heterocycles. The van der Waals surface area contributed by atoms with Gasteiger partial charge >= 0.3 is 0 Å². The second kappa shape index (κ2) is 4.57. The van der Waals surface area contributed by atoms with Gasteiger partial charge in [-0.2, -0.15) is 0 Å². The van der Waals surface area contributed by atoms with Crippen LogP contribution in [0.3, 0.4) is 0 Å². The van der Waals surface area contributed by atoms with Crippen LogP contribution in [0.15, 0.2) is 11.6 Å². The van der Waals surface area contributed by atoms with Gasteiger partial charge in [-0.3, -0.25) is 0 Å². The summed E-state index contributed by atoms with van der Waals surface area (Å²) in [6, 6.07) is 0. The lowest BCUT2D eigenvalue weighted by molar-refractivity contribution is 0.299. The lowest BCUT2D eigenvalue weighted by atomic mass is 10.1. The van der Waals surface area contributed by atoms with Crippen LogP contribution < -0.4 is 0 Å². The Kier molecular flexibility index (Phi) is 4.41. The van der Waals surface area contributed by atoms with Crippen molar-refractivity contribution in [3.63, 3.8) is 0 Å². The topological polar surface area (TPSA) is 20.2 Å². The zero-order chi connectivity index (χ0) is 7.28. The molecule has 0 saturated carbocycles. The Morgan fingerprint density at radius 3 is 2.44 bits per heavy atom. The lowest BCUT2D eigenvalue weighted by Crippen LogP contribution is -1.87. The van der Waals surface area contributed by atoms with E-state index >= 15 is 0 Å². The minimum atomic E-state index is 0.273. The molecule has 0 saturated heterocycles. The zero-order valence-corrected chi connectivity index (χ0v) is 6.52. The maximum atomic E-state index is 8.51. The van der Waals surface area contributed by atoms with Gasteiger partial charge in [-0.25, -0.2) is 0 Å². The lowest BCUT2D eigenvalue weighted by Gasteiger charge is -1.99. The Bertz CT molecular complexity index is 92.7. The molecule has 0 unspecified atom stereocenters. The molecule has 0 amide bonds. The fourth-order valence-corrected chi connectivity index (χ4v) is 0.829. The zero-order valence-electron chi connectivity index (χ0n) is 6.52. The molecule has 0 atom stereocenters. The van der Waals surface area contributed by atoms with Crippen LogP contribution in [-0.4, -0.2) is 11.7 Å². The quantitative estimate of drug-likeness (QED) is 0.576. The minimum Gasteiger partial charge on any atom is -0.396 e. The van der Waals surface area contributed by atoms with Crippen molar-refractivity contribution in [1.29, 1.82) is 0 Å². The average Bonchev–Trinajstić information content (AvgIpc) is 1.63. The summed E-state index contributed by atoms with van der Waals surface area (Å²) in [6.07, 6.45) is 2.99. The van der Waals surface area contributed by atoms with Crippen LogP contribution in [0.1, 0.15) is 27.2 Å². The van der Waals surface area contributed by atoms with Crippen molar-refractivity contribution in [2.75, 3.05) is 6.61 Å². The first-order valence-corrected chi connectivity index (χ1v) is 3.45.